The smallest absolute Gasteiger partial charge is 0.257 e. The molecule has 1 aromatic rings. The van der Waals surface area contributed by atoms with Gasteiger partial charge in [-0.3, -0.25) is 4.79 Å². The van der Waals surface area contributed by atoms with Gasteiger partial charge in [0, 0.05) is 24.0 Å². The molecule has 5 heteroatoms. The topological polar surface area (TPSA) is 20.3 Å². The van der Waals surface area contributed by atoms with Gasteiger partial charge in [-0.2, -0.15) is 0 Å². The zero-order chi connectivity index (χ0) is 13.2. The molecule has 0 atom stereocenters. The van der Waals surface area contributed by atoms with Crippen molar-refractivity contribution in [3.63, 3.8) is 0 Å². The van der Waals surface area contributed by atoms with E-state index in [4.69, 9.17) is 0 Å². The molecule has 0 aromatic heterocycles. The van der Waals surface area contributed by atoms with Crippen molar-refractivity contribution < 1.29 is 13.6 Å². The van der Waals surface area contributed by atoms with Gasteiger partial charge in [0.05, 0.1) is 5.56 Å². The van der Waals surface area contributed by atoms with E-state index >= 15 is 0 Å². The van der Waals surface area contributed by atoms with Crippen molar-refractivity contribution >= 4 is 21.8 Å². The molecule has 0 heterocycles. The molecule has 0 fully saturated rings. The van der Waals surface area contributed by atoms with Gasteiger partial charge in [-0.25, -0.2) is 8.78 Å². The Hall–Kier alpha value is -0.970. The molecule has 0 saturated heterocycles. The van der Waals surface area contributed by atoms with E-state index < -0.39 is 23.1 Å². The van der Waals surface area contributed by atoms with Crippen LogP contribution in [-0.2, 0) is 0 Å². The zero-order valence-electron chi connectivity index (χ0n) is 9.93. The molecule has 17 heavy (non-hydrogen) atoms. The van der Waals surface area contributed by atoms with E-state index in [1.54, 1.807) is 7.05 Å². The Balaban J connectivity index is 3.05. The first kappa shape index (κ1) is 14.1. The molecule has 2 nitrogen and oxygen atoms in total. The van der Waals surface area contributed by atoms with Crippen LogP contribution < -0.4 is 0 Å². The number of carbonyl (C=O) groups is 1. The normalized spacial score (nSPS) is 11.4. The third-order valence-electron chi connectivity index (χ3n) is 2.70. The summed E-state index contributed by atoms with van der Waals surface area (Å²) >= 11 is 3.29. The molecule has 0 aliphatic carbocycles. The average molecular weight is 306 g/mol. The van der Waals surface area contributed by atoms with Crippen LogP contribution in [0.15, 0.2) is 18.2 Å². The minimum atomic E-state index is -0.841. The maximum atomic E-state index is 13.5. The van der Waals surface area contributed by atoms with Crippen molar-refractivity contribution in [1.82, 2.24) is 4.90 Å². The summed E-state index contributed by atoms with van der Waals surface area (Å²) in [6.45, 7) is 3.70. The number of nitrogens with zero attached hydrogens (tertiary/aromatic N) is 1. The first-order valence-corrected chi connectivity index (χ1v) is 6.21. The number of hydrogen-bond donors (Lipinski definition) is 0. The number of hydrogen-bond acceptors (Lipinski definition) is 1. The summed E-state index contributed by atoms with van der Waals surface area (Å²) in [7, 11) is 1.59. The summed E-state index contributed by atoms with van der Waals surface area (Å²) in [5, 5.41) is 0.561. The van der Waals surface area contributed by atoms with E-state index in [0.29, 0.717) is 11.4 Å². The Bertz CT molecular complexity index is 435. The molecule has 1 rings (SSSR count). The van der Waals surface area contributed by atoms with Crippen molar-refractivity contribution in [1.29, 1.82) is 0 Å². The first-order chi connectivity index (χ1) is 7.79. The SMILES string of the molecule is CN(C(=O)c1ccc(F)cc1F)C(C)(C)CBr. The predicted octanol–water partition coefficient (Wildman–Crippen LogP) is 3.21. The van der Waals surface area contributed by atoms with E-state index in [-0.39, 0.29) is 5.56 Å². The van der Waals surface area contributed by atoms with Crippen LogP contribution in [0.25, 0.3) is 0 Å². The molecule has 0 saturated carbocycles. The van der Waals surface area contributed by atoms with Crippen LogP contribution in [-0.4, -0.2) is 28.7 Å². The van der Waals surface area contributed by atoms with Gasteiger partial charge in [-0.05, 0) is 26.0 Å². The maximum Gasteiger partial charge on any atom is 0.257 e. The quantitative estimate of drug-likeness (QED) is 0.785. The van der Waals surface area contributed by atoms with E-state index in [0.717, 1.165) is 12.1 Å². The van der Waals surface area contributed by atoms with E-state index in [2.05, 4.69) is 15.9 Å². The van der Waals surface area contributed by atoms with Crippen LogP contribution in [0.2, 0.25) is 0 Å². The summed E-state index contributed by atoms with van der Waals surface area (Å²) in [4.78, 5) is 13.5. The average Bonchev–Trinajstić information content (AvgIpc) is 2.27. The van der Waals surface area contributed by atoms with Crippen LogP contribution in [0, 0.1) is 11.6 Å². The standard InChI is InChI=1S/C12H14BrF2NO/c1-12(2,7-13)16(3)11(17)9-5-4-8(14)6-10(9)15/h4-6H,7H2,1-3H3. The summed E-state index contributed by atoms with van der Waals surface area (Å²) in [6.07, 6.45) is 0. The second kappa shape index (κ2) is 5.12. The van der Waals surface area contributed by atoms with Crippen LogP contribution in [0.5, 0.6) is 0 Å². The van der Waals surface area contributed by atoms with Crippen molar-refractivity contribution in [2.75, 3.05) is 12.4 Å². The third kappa shape index (κ3) is 3.03. The van der Waals surface area contributed by atoms with Gasteiger partial charge in [0.15, 0.2) is 0 Å². The van der Waals surface area contributed by atoms with Crippen LogP contribution in [0.4, 0.5) is 8.78 Å². The minimum absolute atomic E-state index is 0.122. The number of rotatable bonds is 3. The van der Waals surface area contributed by atoms with Crippen LogP contribution in [0.3, 0.4) is 0 Å². The Kier molecular flexibility index (Phi) is 4.25. The van der Waals surface area contributed by atoms with Gasteiger partial charge in [-0.1, -0.05) is 15.9 Å². The second-order valence-electron chi connectivity index (χ2n) is 4.43. The molecule has 0 aliphatic heterocycles. The van der Waals surface area contributed by atoms with Gasteiger partial charge >= 0.3 is 0 Å². The highest BCUT2D eigenvalue weighted by Gasteiger charge is 2.28. The molecule has 0 N–H and O–H groups in total. The van der Waals surface area contributed by atoms with Crippen molar-refractivity contribution in [2.45, 2.75) is 19.4 Å². The molecule has 94 valence electrons. The summed E-state index contributed by atoms with van der Waals surface area (Å²) in [5.41, 5.74) is -0.569. The summed E-state index contributed by atoms with van der Waals surface area (Å²) < 4.78 is 26.2. The number of benzene rings is 1. The number of amides is 1. The maximum absolute atomic E-state index is 13.5. The fourth-order valence-electron chi connectivity index (χ4n) is 1.21. The predicted molar refractivity (Wildman–Crippen MR) is 66.3 cm³/mol. The molecule has 0 unspecified atom stereocenters. The summed E-state index contributed by atoms with van der Waals surface area (Å²) in [5.74, 6) is -2.00. The number of halogens is 3. The monoisotopic (exact) mass is 305 g/mol. The molecule has 0 spiro atoms. The molecular formula is C12H14BrF2NO. The van der Waals surface area contributed by atoms with Gasteiger partial charge in [0.25, 0.3) is 5.91 Å². The van der Waals surface area contributed by atoms with Gasteiger partial charge in [0.1, 0.15) is 11.6 Å². The lowest BCUT2D eigenvalue weighted by molar-refractivity contribution is 0.0659. The summed E-state index contributed by atoms with van der Waals surface area (Å²) in [6, 6.07) is 2.95. The van der Waals surface area contributed by atoms with Crippen LogP contribution in [0.1, 0.15) is 24.2 Å². The Morgan fingerprint density at radius 2 is 2.00 bits per heavy atom. The van der Waals surface area contributed by atoms with E-state index in [1.807, 2.05) is 13.8 Å². The third-order valence-corrected chi connectivity index (χ3v) is 4.07. The fraction of sp³-hybridized carbons (Fsp3) is 0.417. The van der Waals surface area contributed by atoms with Gasteiger partial charge in [0.2, 0.25) is 0 Å². The zero-order valence-corrected chi connectivity index (χ0v) is 11.5. The first-order valence-electron chi connectivity index (χ1n) is 5.09. The minimum Gasteiger partial charge on any atom is -0.336 e. The number of alkyl halides is 1. The lowest BCUT2D eigenvalue weighted by Crippen LogP contribution is -2.46. The fourth-order valence-corrected chi connectivity index (χ4v) is 1.58. The highest BCUT2D eigenvalue weighted by Crippen LogP contribution is 2.20. The highest BCUT2D eigenvalue weighted by molar-refractivity contribution is 9.09. The van der Waals surface area contributed by atoms with Crippen molar-refractivity contribution in [2.24, 2.45) is 0 Å². The lowest BCUT2D eigenvalue weighted by Gasteiger charge is -2.34. The second-order valence-corrected chi connectivity index (χ2v) is 5.00. The molecule has 1 aromatic carbocycles. The van der Waals surface area contributed by atoms with Gasteiger partial charge in [-0.15, -0.1) is 0 Å². The van der Waals surface area contributed by atoms with Crippen molar-refractivity contribution in [3.05, 3.63) is 35.4 Å². The largest absolute Gasteiger partial charge is 0.336 e. The molecule has 0 radical (unpaired) electrons. The van der Waals surface area contributed by atoms with E-state index in [9.17, 15) is 13.6 Å². The molecule has 0 aliphatic rings. The van der Waals surface area contributed by atoms with Crippen molar-refractivity contribution in [3.8, 4) is 0 Å². The van der Waals surface area contributed by atoms with Crippen LogP contribution >= 0.6 is 15.9 Å². The lowest BCUT2D eigenvalue weighted by atomic mass is 10.0. The highest BCUT2D eigenvalue weighted by atomic mass is 79.9. The Morgan fingerprint density at radius 3 is 2.47 bits per heavy atom. The number of carbonyl (C=O) groups excluding carboxylic acids is 1. The Morgan fingerprint density at radius 1 is 1.41 bits per heavy atom. The molecule has 0 bridgehead atoms. The van der Waals surface area contributed by atoms with E-state index in [1.165, 1.54) is 4.90 Å². The van der Waals surface area contributed by atoms with Gasteiger partial charge < -0.3 is 4.90 Å². The Labute approximate surface area is 108 Å². The molecule has 1 amide bonds. The molecular weight excluding hydrogens is 292 g/mol.